The molecule has 0 aliphatic carbocycles. The van der Waals surface area contributed by atoms with Gasteiger partial charge in [-0.1, -0.05) is 36.4 Å². The Hall–Kier alpha value is -4.48. The van der Waals surface area contributed by atoms with E-state index in [0.29, 0.717) is 24.0 Å². The minimum atomic E-state index is -3.81. The molecule has 3 aromatic carbocycles. The highest BCUT2D eigenvalue weighted by atomic mass is 32.2. The molecule has 11 heteroatoms. The van der Waals surface area contributed by atoms with Crippen molar-refractivity contribution in [2.24, 2.45) is 12.2 Å². The fourth-order valence-corrected chi connectivity index (χ4v) is 4.50. The van der Waals surface area contributed by atoms with Crippen LogP contribution in [0.3, 0.4) is 0 Å². The Labute approximate surface area is 214 Å². The summed E-state index contributed by atoms with van der Waals surface area (Å²) >= 11 is 0. The monoisotopic (exact) mass is 514 g/mol. The van der Waals surface area contributed by atoms with Gasteiger partial charge in [-0.05, 0) is 48.0 Å². The minimum Gasteiger partial charge on any atom is -0.352 e. The molecule has 2 aromatic heterocycles. The predicted octanol–water partition coefficient (Wildman–Crippen LogP) is 4.13. The number of nitrogens with zero attached hydrogens (tertiary/aromatic N) is 5. The van der Waals surface area contributed by atoms with Crippen LogP contribution in [0.2, 0.25) is 0 Å². The summed E-state index contributed by atoms with van der Waals surface area (Å²) in [4.78, 5) is 15.6. The van der Waals surface area contributed by atoms with E-state index < -0.39 is 10.0 Å². The Morgan fingerprint density at radius 2 is 1.78 bits per heavy atom. The van der Waals surface area contributed by atoms with Gasteiger partial charge in [0, 0.05) is 38.2 Å². The second kappa shape index (κ2) is 9.88. The third-order valence-corrected chi connectivity index (χ3v) is 6.86. The molecule has 5 rings (SSSR count). The number of rotatable bonds is 8. The first-order valence-corrected chi connectivity index (χ1v) is 13.0. The molecule has 2 heterocycles. The summed E-state index contributed by atoms with van der Waals surface area (Å²) in [6.45, 7) is 0.682. The molecule has 10 nitrogen and oxygen atoms in total. The lowest BCUT2D eigenvalue weighted by atomic mass is 10.2. The van der Waals surface area contributed by atoms with Crippen molar-refractivity contribution < 1.29 is 8.42 Å². The van der Waals surface area contributed by atoms with Crippen LogP contribution in [-0.2, 0) is 23.6 Å². The lowest BCUT2D eigenvalue weighted by molar-refractivity contribution is 0.598. The van der Waals surface area contributed by atoms with E-state index in [1.165, 1.54) is 17.7 Å². The molecule has 0 aliphatic heterocycles. The quantitative estimate of drug-likeness (QED) is 0.282. The molecule has 0 saturated carbocycles. The first kappa shape index (κ1) is 24.2. The lowest BCUT2D eigenvalue weighted by Crippen LogP contribution is -2.13. The fourth-order valence-electron chi connectivity index (χ4n) is 3.94. The number of anilines is 5. The molecule has 0 amide bonds. The zero-order valence-electron chi connectivity index (χ0n) is 20.3. The van der Waals surface area contributed by atoms with Crippen molar-refractivity contribution in [1.82, 2.24) is 19.5 Å². The first-order chi connectivity index (χ1) is 17.8. The molecule has 0 atom stereocenters. The van der Waals surface area contributed by atoms with Crippen molar-refractivity contribution in [2.75, 3.05) is 22.6 Å². The summed E-state index contributed by atoms with van der Waals surface area (Å²) < 4.78 is 25.3. The van der Waals surface area contributed by atoms with Crippen LogP contribution in [-0.4, -0.2) is 35.0 Å². The predicted molar refractivity (Wildman–Crippen MR) is 146 cm³/mol. The number of benzene rings is 3. The highest BCUT2D eigenvalue weighted by Gasteiger charge is 2.13. The summed E-state index contributed by atoms with van der Waals surface area (Å²) in [6, 6.07) is 24.2. The van der Waals surface area contributed by atoms with E-state index >= 15 is 0 Å². The second-order valence-corrected chi connectivity index (χ2v) is 10.1. The summed E-state index contributed by atoms with van der Waals surface area (Å²) in [5, 5.41) is 11.7. The van der Waals surface area contributed by atoms with Gasteiger partial charge in [0.2, 0.25) is 21.9 Å². The van der Waals surface area contributed by atoms with Crippen molar-refractivity contribution in [1.29, 1.82) is 0 Å². The molecule has 0 unspecified atom stereocenters. The highest BCUT2D eigenvalue weighted by molar-refractivity contribution is 7.89. The Kier molecular flexibility index (Phi) is 6.47. The summed E-state index contributed by atoms with van der Waals surface area (Å²) in [5.74, 6) is 1.76. The van der Waals surface area contributed by atoms with Crippen molar-refractivity contribution in [3.05, 3.63) is 90.6 Å². The van der Waals surface area contributed by atoms with Crippen LogP contribution in [0.1, 0.15) is 5.56 Å². The molecule has 0 aliphatic rings. The molecule has 0 fully saturated rings. The van der Waals surface area contributed by atoms with Crippen molar-refractivity contribution in [3.8, 4) is 0 Å². The summed E-state index contributed by atoms with van der Waals surface area (Å²) in [5.41, 5.74) is 4.46. The van der Waals surface area contributed by atoms with E-state index in [4.69, 9.17) is 10.1 Å². The molecule has 0 bridgehead atoms. The maximum absolute atomic E-state index is 11.7. The van der Waals surface area contributed by atoms with E-state index in [1.807, 2.05) is 60.0 Å². The van der Waals surface area contributed by atoms with Gasteiger partial charge in [0.25, 0.3) is 0 Å². The van der Waals surface area contributed by atoms with Gasteiger partial charge in [-0.2, -0.15) is 4.98 Å². The van der Waals surface area contributed by atoms with Gasteiger partial charge in [-0.25, -0.2) is 23.5 Å². The fraction of sp³-hybridized carbons (Fsp3) is 0.115. The average molecular weight is 515 g/mol. The summed E-state index contributed by atoms with van der Waals surface area (Å²) in [6.07, 6.45) is 1.63. The maximum atomic E-state index is 11.7. The number of nitrogens with two attached hydrogens (primary N) is 1. The van der Waals surface area contributed by atoms with E-state index in [9.17, 15) is 8.42 Å². The van der Waals surface area contributed by atoms with Crippen LogP contribution < -0.4 is 20.7 Å². The molecule has 37 heavy (non-hydrogen) atoms. The standard InChI is InChI=1S/C26H26N8O2S/c1-33(24-13-14-28-25(32-24)30-19-9-6-10-21(15-19)37(27,35)36)20-11-12-23-22(16-20)31-26(34(23)2)29-17-18-7-4-3-5-8-18/h3-16H,17H2,1-2H3,(H,29,31)(H2,27,35,36)(H,28,30,32). The van der Waals surface area contributed by atoms with E-state index in [0.717, 1.165) is 22.7 Å². The third kappa shape index (κ3) is 5.37. The third-order valence-electron chi connectivity index (χ3n) is 5.95. The van der Waals surface area contributed by atoms with E-state index in [1.54, 1.807) is 24.4 Å². The van der Waals surface area contributed by atoms with Crippen LogP contribution in [0.4, 0.5) is 29.1 Å². The SMILES string of the molecule is CN(c1ccc2c(c1)nc(NCc1ccccc1)n2C)c1ccnc(Nc2cccc(S(N)(=O)=O)c2)n1. The van der Waals surface area contributed by atoms with E-state index in [-0.39, 0.29) is 4.90 Å². The number of aromatic nitrogens is 4. The second-order valence-electron chi connectivity index (χ2n) is 8.50. The first-order valence-electron chi connectivity index (χ1n) is 11.5. The van der Waals surface area contributed by atoms with Crippen LogP contribution in [0.5, 0.6) is 0 Å². The average Bonchev–Trinajstić information content (AvgIpc) is 3.22. The molecular weight excluding hydrogens is 488 g/mol. The van der Waals surface area contributed by atoms with Crippen LogP contribution in [0, 0.1) is 0 Å². The molecule has 0 radical (unpaired) electrons. The van der Waals surface area contributed by atoms with E-state index in [2.05, 4.69) is 32.7 Å². The Bertz CT molecular complexity index is 1670. The number of hydrogen-bond donors (Lipinski definition) is 3. The smallest absolute Gasteiger partial charge is 0.238 e. The normalized spacial score (nSPS) is 11.4. The molecule has 4 N–H and O–H groups in total. The zero-order chi connectivity index (χ0) is 26.0. The zero-order valence-corrected chi connectivity index (χ0v) is 21.1. The molecule has 5 aromatic rings. The number of hydrogen-bond acceptors (Lipinski definition) is 8. The number of nitrogens with one attached hydrogen (secondary N) is 2. The van der Waals surface area contributed by atoms with Crippen molar-refractivity contribution in [3.63, 3.8) is 0 Å². The topological polar surface area (TPSA) is 131 Å². The van der Waals surface area contributed by atoms with Gasteiger partial charge in [0.1, 0.15) is 5.82 Å². The number of sulfonamides is 1. The van der Waals surface area contributed by atoms with Gasteiger partial charge in [0.05, 0.1) is 15.9 Å². The van der Waals surface area contributed by atoms with Crippen molar-refractivity contribution >= 4 is 50.1 Å². The number of fused-ring (bicyclic) bond motifs is 1. The van der Waals surface area contributed by atoms with Gasteiger partial charge >= 0.3 is 0 Å². The van der Waals surface area contributed by atoms with Crippen LogP contribution >= 0.6 is 0 Å². The molecular formula is C26H26N8O2S. The Morgan fingerprint density at radius 3 is 2.57 bits per heavy atom. The minimum absolute atomic E-state index is 0.00654. The maximum Gasteiger partial charge on any atom is 0.238 e. The number of imidazole rings is 1. The number of primary sulfonamides is 1. The molecule has 188 valence electrons. The van der Waals surface area contributed by atoms with Gasteiger partial charge in [-0.3, -0.25) is 0 Å². The van der Waals surface area contributed by atoms with Crippen LogP contribution in [0.25, 0.3) is 11.0 Å². The van der Waals surface area contributed by atoms with Crippen LogP contribution in [0.15, 0.2) is 90.0 Å². The Balaban J connectivity index is 1.36. The van der Waals surface area contributed by atoms with Gasteiger partial charge < -0.3 is 20.1 Å². The van der Waals surface area contributed by atoms with Gasteiger partial charge in [-0.15, -0.1) is 0 Å². The number of aryl methyl sites for hydroxylation is 1. The van der Waals surface area contributed by atoms with Crippen molar-refractivity contribution in [2.45, 2.75) is 11.4 Å². The molecule has 0 saturated heterocycles. The Morgan fingerprint density at radius 1 is 0.973 bits per heavy atom. The lowest BCUT2D eigenvalue weighted by Gasteiger charge is -2.19. The largest absolute Gasteiger partial charge is 0.352 e. The summed E-state index contributed by atoms with van der Waals surface area (Å²) in [7, 11) is 0.0808. The molecule has 0 spiro atoms. The highest BCUT2D eigenvalue weighted by Crippen LogP contribution is 2.28. The van der Waals surface area contributed by atoms with Gasteiger partial charge in [0.15, 0.2) is 0 Å².